The molecule has 100 valence electrons. The zero-order valence-electron chi connectivity index (χ0n) is 11.1. The van der Waals surface area contributed by atoms with Crippen LogP contribution in [0.2, 0.25) is 0 Å². The Morgan fingerprint density at radius 2 is 1.83 bits per heavy atom. The van der Waals surface area contributed by atoms with Crippen LogP contribution < -0.4 is 4.74 Å². The Hall–Kier alpha value is -1.55. The quantitative estimate of drug-likeness (QED) is 0.753. The topological polar surface area (TPSA) is 49.8 Å². The largest absolute Gasteiger partial charge is 0.494 e. The van der Waals surface area contributed by atoms with E-state index < -0.39 is 0 Å². The summed E-state index contributed by atoms with van der Waals surface area (Å²) in [4.78, 5) is 13.8. The number of hydrogen-bond acceptors (Lipinski definition) is 3. The molecular formula is C14H21NO3. The summed E-state index contributed by atoms with van der Waals surface area (Å²) in [6.07, 6.45) is 0.611. The first-order valence-corrected chi connectivity index (χ1v) is 6.35. The second kappa shape index (κ2) is 7.71. The molecule has 0 bridgehead atoms. The van der Waals surface area contributed by atoms with Gasteiger partial charge in [0.1, 0.15) is 5.75 Å². The Morgan fingerprint density at radius 3 is 2.33 bits per heavy atom. The van der Waals surface area contributed by atoms with Crippen LogP contribution in [0.1, 0.15) is 30.6 Å². The lowest BCUT2D eigenvalue weighted by molar-refractivity contribution is 0.0773. The summed E-state index contributed by atoms with van der Waals surface area (Å²) in [7, 11) is 0. The van der Waals surface area contributed by atoms with Crippen LogP contribution in [0.25, 0.3) is 0 Å². The Kier molecular flexibility index (Phi) is 6.22. The molecule has 0 saturated heterocycles. The number of carbonyl (C=O) groups excluding carboxylic acids is 1. The van der Waals surface area contributed by atoms with Gasteiger partial charge in [-0.2, -0.15) is 0 Å². The van der Waals surface area contributed by atoms with Gasteiger partial charge in [-0.15, -0.1) is 0 Å². The number of nitrogens with zero attached hydrogens (tertiary/aromatic N) is 1. The molecule has 18 heavy (non-hydrogen) atoms. The van der Waals surface area contributed by atoms with Crippen molar-refractivity contribution in [3.8, 4) is 5.75 Å². The van der Waals surface area contributed by atoms with Gasteiger partial charge in [-0.3, -0.25) is 4.79 Å². The Morgan fingerprint density at radius 1 is 1.22 bits per heavy atom. The summed E-state index contributed by atoms with van der Waals surface area (Å²) in [5.41, 5.74) is 0.674. The maximum Gasteiger partial charge on any atom is 0.253 e. The number of ether oxygens (including phenoxy) is 1. The van der Waals surface area contributed by atoms with Crippen molar-refractivity contribution in [1.29, 1.82) is 0 Å². The predicted octanol–water partition coefficient (Wildman–Crippen LogP) is 1.93. The summed E-state index contributed by atoms with van der Waals surface area (Å²) in [6, 6.07) is 7.12. The third-order valence-electron chi connectivity index (χ3n) is 2.72. The number of aliphatic hydroxyl groups excluding tert-OH is 1. The number of carbonyl (C=O) groups is 1. The van der Waals surface area contributed by atoms with Gasteiger partial charge in [0.2, 0.25) is 0 Å². The molecule has 1 aromatic rings. The molecule has 4 nitrogen and oxygen atoms in total. The number of aliphatic hydroxyl groups is 1. The van der Waals surface area contributed by atoms with Gasteiger partial charge in [-0.1, -0.05) is 0 Å². The molecule has 0 fully saturated rings. The monoisotopic (exact) mass is 251 g/mol. The van der Waals surface area contributed by atoms with Gasteiger partial charge in [0, 0.05) is 31.7 Å². The van der Waals surface area contributed by atoms with Crippen LogP contribution >= 0.6 is 0 Å². The zero-order chi connectivity index (χ0) is 13.4. The minimum Gasteiger partial charge on any atom is -0.494 e. The van der Waals surface area contributed by atoms with Gasteiger partial charge in [0.15, 0.2) is 0 Å². The van der Waals surface area contributed by atoms with Crippen molar-refractivity contribution < 1.29 is 14.6 Å². The maximum atomic E-state index is 12.0. The Bertz CT molecular complexity index is 358. The van der Waals surface area contributed by atoms with Gasteiger partial charge >= 0.3 is 0 Å². The van der Waals surface area contributed by atoms with E-state index in [1.54, 1.807) is 29.2 Å². The Labute approximate surface area is 108 Å². The lowest BCUT2D eigenvalue weighted by atomic mass is 10.2. The van der Waals surface area contributed by atoms with E-state index in [0.717, 1.165) is 5.75 Å². The Balaban J connectivity index is 2.61. The van der Waals surface area contributed by atoms with Gasteiger partial charge in [-0.05, 0) is 38.1 Å². The summed E-state index contributed by atoms with van der Waals surface area (Å²) < 4.78 is 5.41. The molecule has 4 heteroatoms. The van der Waals surface area contributed by atoms with Gasteiger partial charge < -0.3 is 14.7 Å². The number of amides is 1. The molecule has 0 saturated carbocycles. The molecule has 1 amide bonds. The van der Waals surface area contributed by atoms with Gasteiger partial charge in [0.25, 0.3) is 5.91 Å². The highest BCUT2D eigenvalue weighted by Crippen LogP contribution is 2.14. The second-order valence-electron chi connectivity index (χ2n) is 3.93. The molecular weight excluding hydrogens is 230 g/mol. The van der Waals surface area contributed by atoms with E-state index >= 15 is 0 Å². The smallest absolute Gasteiger partial charge is 0.253 e. The molecule has 1 aromatic carbocycles. The van der Waals surface area contributed by atoms with Gasteiger partial charge in [0.05, 0.1) is 6.61 Å². The van der Waals surface area contributed by atoms with Crippen LogP contribution in [-0.2, 0) is 0 Å². The molecule has 0 radical (unpaired) electrons. The second-order valence-corrected chi connectivity index (χ2v) is 3.93. The first-order chi connectivity index (χ1) is 8.72. The fourth-order valence-electron chi connectivity index (χ4n) is 1.64. The minimum atomic E-state index is 0.0434. The highest BCUT2D eigenvalue weighted by molar-refractivity contribution is 5.94. The van der Waals surface area contributed by atoms with E-state index in [2.05, 4.69) is 0 Å². The standard InChI is InChI=1S/C14H21NO3/c1-3-15(4-2)14(17)12-6-8-13(9-7-12)18-11-5-10-16/h6-9,16H,3-5,10-11H2,1-2H3. The molecule has 0 aliphatic carbocycles. The highest BCUT2D eigenvalue weighted by atomic mass is 16.5. The summed E-state index contributed by atoms with van der Waals surface area (Å²) in [6.45, 7) is 5.97. The molecule has 0 heterocycles. The summed E-state index contributed by atoms with van der Waals surface area (Å²) >= 11 is 0. The van der Waals surface area contributed by atoms with E-state index in [1.165, 1.54) is 0 Å². The van der Waals surface area contributed by atoms with Crippen LogP contribution in [0.5, 0.6) is 5.75 Å². The fraction of sp³-hybridized carbons (Fsp3) is 0.500. The molecule has 0 aliphatic heterocycles. The predicted molar refractivity (Wildman–Crippen MR) is 70.9 cm³/mol. The first-order valence-electron chi connectivity index (χ1n) is 6.35. The lowest BCUT2D eigenvalue weighted by Crippen LogP contribution is -2.30. The molecule has 1 rings (SSSR count). The minimum absolute atomic E-state index is 0.0434. The number of benzene rings is 1. The highest BCUT2D eigenvalue weighted by Gasteiger charge is 2.11. The van der Waals surface area contributed by atoms with Crippen molar-refractivity contribution in [2.45, 2.75) is 20.3 Å². The SMILES string of the molecule is CCN(CC)C(=O)c1ccc(OCCCO)cc1. The molecule has 0 aromatic heterocycles. The molecule has 0 aliphatic rings. The fourth-order valence-corrected chi connectivity index (χ4v) is 1.64. The van der Waals surface area contributed by atoms with E-state index in [1.807, 2.05) is 13.8 Å². The molecule has 0 unspecified atom stereocenters. The third-order valence-corrected chi connectivity index (χ3v) is 2.72. The lowest BCUT2D eigenvalue weighted by Gasteiger charge is -2.18. The number of rotatable bonds is 7. The third kappa shape index (κ3) is 4.04. The average molecular weight is 251 g/mol. The van der Waals surface area contributed by atoms with Gasteiger partial charge in [-0.25, -0.2) is 0 Å². The van der Waals surface area contributed by atoms with E-state index in [4.69, 9.17) is 9.84 Å². The number of hydrogen-bond donors (Lipinski definition) is 1. The van der Waals surface area contributed by atoms with Crippen molar-refractivity contribution in [2.75, 3.05) is 26.3 Å². The van der Waals surface area contributed by atoms with Crippen LogP contribution in [0, 0.1) is 0 Å². The molecule has 0 spiro atoms. The summed E-state index contributed by atoms with van der Waals surface area (Å²) in [5, 5.41) is 8.65. The van der Waals surface area contributed by atoms with Crippen molar-refractivity contribution in [3.63, 3.8) is 0 Å². The van der Waals surface area contributed by atoms with E-state index in [-0.39, 0.29) is 12.5 Å². The zero-order valence-corrected chi connectivity index (χ0v) is 11.1. The summed E-state index contributed by atoms with van der Waals surface area (Å²) in [5.74, 6) is 0.765. The van der Waals surface area contributed by atoms with Crippen molar-refractivity contribution in [2.24, 2.45) is 0 Å². The average Bonchev–Trinajstić information content (AvgIpc) is 2.41. The maximum absolute atomic E-state index is 12.0. The van der Waals surface area contributed by atoms with Crippen LogP contribution in [0.4, 0.5) is 0 Å². The van der Waals surface area contributed by atoms with E-state index in [9.17, 15) is 4.79 Å². The van der Waals surface area contributed by atoms with Crippen molar-refractivity contribution in [3.05, 3.63) is 29.8 Å². The van der Waals surface area contributed by atoms with Crippen LogP contribution in [0.15, 0.2) is 24.3 Å². The van der Waals surface area contributed by atoms with E-state index in [0.29, 0.717) is 31.7 Å². The van der Waals surface area contributed by atoms with Crippen molar-refractivity contribution in [1.82, 2.24) is 4.90 Å². The van der Waals surface area contributed by atoms with Crippen molar-refractivity contribution >= 4 is 5.91 Å². The van der Waals surface area contributed by atoms with Crippen LogP contribution in [0.3, 0.4) is 0 Å². The molecule has 1 N–H and O–H groups in total. The van der Waals surface area contributed by atoms with Crippen LogP contribution in [-0.4, -0.2) is 42.2 Å². The molecule has 0 atom stereocenters. The normalized spacial score (nSPS) is 10.2. The first kappa shape index (κ1) is 14.5.